The summed E-state index contributed by atoms with van der Waals surface area (Å²) in [5, 5.41) is 0.239. The van der Waals surface area contributed by atoms with E-state index in [0.29, 0.717) is 18.7 Å². The quantitative estimate of drug-likeness (QED) is 0.248. The van der Waals surface area contributed by atoms with Gasteiger partial charge in [0, 0.05) is 23.4 Å². The predicted molar refractivity (Wildman–Crippen MR) is 138 cm³/mol. The summed E-state index contributed by atoms with van der Waals surface area (Å²) in [4.78, 5) is 10.4. The van der Waals surface area contributed by atoms with Crippen molar-refractivity contribution in [3.8, 4) is 28.6 Å². The first kappa shape index (κ1) is 24.4. The molecule has 0 spiro atoms. The van der Waals surface area contributed by atoms with Gasteiger partial charge in [-0.05, 0) is 54.9 Å². The zero-order chi connectivity index (χ0) is 26.6. The first-order valence-corrected chi connectivity index (χ1v) is 13.4. The molecule has 2 atom stereocenters. The van der Waals surface area contributed by atoms with E-state index in [1.807, 2.05) is 24.3 Å². The van der Waals surface area contributed by atoms with Crippen molar-refractivity contribution in [2.45, 2.75) is 23.7 Å². The topological polar surface area (TPSA) is 86.0 Å². The van der Waals surface area contributed by atoms with Gasteiger partial charge < -0.3 is 24.0 Å². The van der Waals surface area contributed by atoms with Crippen LogP contribution in [0.25, 0.3) is 22.3 Å². The maximum absolute atomic E-state index is 15.0. The maximum atomic E-state index is 15.0. The number of hydrogen-bond donors (Lipinski definition) is 2. The van der Waals surface area contributed by atoms with Crippen LogP contribution in [0.5, 0.6) is 17.2 Å². The molecule has 194 valence electrons. The van der Waals surface area contributed by atoms with Crippen molar-refractivity contribution in [3.05, 3.63) is 89.6 Å². The highest BCUT2D eigenvalue weighted by Gasteiger charge is 2.37. The zero-order valence-corrected chi connectivity index (χ0v) is 21.2. The Balaban J connectivity index is 1.39. The minimum atomic E-state index is -1.71. The number of imidazole rings is 1. The van der Waals surface area contributed by atoms with Gasteiger partial charge in [-0.3, -0.25) is 0 Å². The van der Waals surface area contributed by atoms with Crippen LogP contribution in [0, 0.1) is 17.5 Å². The number of H-pyrrole nitrogens is 2. The summed E-state index contributed by atoms with van der Waals surface area (Å²) < 4.78 is 68.7. The summed E-state index contributed by atoms with van der Waals surface area (Å²) in [5.41, 5.74) is 1.22. The van der Waals surface area contributed by atoms with Gasteiger partial charge in [-0.25, -0.2) is 13.8 Å². The van der Waals surface area contributed by atoms with Crippen LogP contribution >= 0.6 is 0 Å². The van der Waals surface area contributed by atoms with Gasteiger partial charge in [0.1, 0.15) is 29.4 Å². The van der Waals surface area contributed by atoms with E-state index in [9.17, 15) is 13.3 Å². The molecule has 0 radical (unpaired) electrons. The van der Waals surface area contributed by atoms with E-state index in [1.165, 1.54) is 30.7 Å². The third kappa shape index (κ3) is 3.83. The lowest BCUT2D eigenvalue weighted by Gasteiger charge is -2.34. The highest BCUT2D eigenvalue weighted by atomic mass is 32.2. The van der Waals surface area contributed by atoms with Crippen LogP contribution in [0.3, 0.4) is 0 Å². The van der Waals surface area contributed by atoms with Crippen molar-refractivity contribution in [1.82, 2.24) is 15.0 Å². The van der Waals surface area contributed by atoms with Gasteiger partial charge >= 0.3 is 0 Å². The molecule has 0 saturated heterocycles. The Kier molecular flexibility index (Phi) is 5.88. The van der Waals surface area contributed by atoms with Crippen LogP contribution in [0.15, 0.2) is 65.8 Å². The molecule has 38 heavy (non-hydrogen) atoms. The summed E-state index contributed by atoms with van der Waals surface area (Å²) in [6.45, 7) is 2.58. The van der Waals surface area contributed by atoms with Gasteiger partial charge in [-0.2, -0.15) is 4.39 Å². The molecule has 2 aromatic heterocycles. The SMILES string of the molecule is C[S+]([O-])c1c(Oc2ccc(F)c(-c3nc([C@]4(C)CCOc5ccccc54)c[nH]3)c2)c(F)c(F)c2[nH]ccc12. The second-order valence-corrected chi connectivity index (χ2v) is 10.6. The van der Waals surface area contributed by atoms with Gasteiger partial charge in [0.2, 0.25) is 16.5 Å². The lowest BCUT2D eigenvalue weighted by atomic mass is 9.75. The standard InChI is InChI=1S/C28H22F3N3O3S/c1-28(10-12-36-20-6-4-3-5-18(20)28)21-14-33-27(34-21)17-13-15(7-8-19(17)29)37-25-23(31)22(30)24-16(9-11-32-24)26(25)38(2)35/h3-9,11,13-14,32H,10,12H2,1-2H3,(H,33,34)/t28-,38?/m1/s1. The van der Waals surface area contributed by atoms with Crippen molar-refractivity contribution < 1.29 is 27.2 Å². The normalized spacial score (nSPS) is 17.7. The molecule has 6 rings (SSSR count). The largest absolute Gasteiger partial charge is 0.612 e. The lowest BCUT2D eigenvalue weighted by Crippen LogP contribution is -2.31. The van der Waals surface area contributed by atoms with E-state index in [4.69, 9.17) is 14.5 Å². The van der Waals surface area contributed by atoms with E-state index >= 15 is 4.39 Å². The molecule has 1 unspecified atom stereocenters. The molecular formula is C28H22F3N3O3S. The van der Waals surface area contributed by atoms with E-state index in [2.05, 4.69) is 16.9 Å². The highest BCUT2D eigenvalue weighted by molar-refractivity contribution is 7.91. The van der Waals surface area contributed by atoms with Gasteiger partial charge in [0.15, 0.2) is 5.82 Å². The number of aromatic amines is 2. The van der Waals surface area contributed by atoms with Crippen LogP contribution in [0.1, 0.15) is 24.6 Å². The predicted octanol–water partition coefficient (Wildman–Crippen LogP) is 6.59. The Labute approximate surface area is 219 Å². The number of halogens is 3. The van der Waals surface area contributed by atoms with Crippen LogP contribution in [-0.4, -0.2) is 32.4 Å². The Hall–Kier alpha value is -3.89. The molecule has 3 aromatic carbocycles. The number of hydrogen-bond acceptors (Lipinski definition) is 4. The van der Waals surface area contributed by atoms with Gasteiger partial charge in [0.25, 0.3) is 0 Å². The first-order valence-electron chi connectivity index (χ1n) is 11.9. The first-order chi connectivity index (χ1) is 18.3. The lowest BCUT2D eigenvalue weighted by molar-refractivity contribution is 0.241. The zero-order valence-electron chi connectivity index (χ0n) is 20.4. The Bertz CT molecular complexity index is 1680. The third-order valence-electron chi connectivity index (χ3n) is 6.99. The number of fused-ring (bicyclic) bond motifs is 2. The monoisotopic (exact) mass is 537 g/mol. The van der Waals surface area contributed by atoms with Crippen LogP contribution in [-0.2, 0) is 16.6 Å². The average molecular weight is 538 g/mol. The molecule has 10 heteroatoms. The third-order valence-corrected chi connectivity index (χ3v) is 7.97. The van der Waals surface area contributed by atoms with E-state index in [1.54, 1.807) is 6.20 Å². The number of benzene rings is 3. The van der Waals surface area contributed by atoms with Crippen LogP contribution in [0.2, 0.25) is 0 Å². The number of rotatable bonds is 5. The molecular weight excluding hydrogens is 515 g/mol. The van der Waals surface area contributed by atoms with Crippen LogP contribution in [0.4, 0.5) is 13.2 Å². The highest BCUT2D eigenvalue weighted by Crippen LogP contribution is 2.44. The summed E-state index contributed by atoms with van der Waals surface area (Å²) in [5.74, 6) is -2.48. The van der Waals surface area contributed by atoms with E-state index in [0.717, 1.165) is 17.4 Å². The number of nitrogens with one attached hydrogen (secondary N) is 2. The van der Waals surface area contributed by atoms with Crippen LogP contribution < -0.4 is 9.47 Å². The van der Waals surface area contributed by atoms with Crippen molar-refractivity contribution >= 4 is 22.1 Å². The molecule has 5 aromatic rings. The van der Waals surface area contributed by atoms with Crippen molar-refractivity contribution in [2.75, 3.05) is 12.9 Å². The summed E-state index contributed by atoms with van der Waals surface area (Å²) in [6, 6.07) is 13.0. The number of aromatic nitrogens is 3. The van der Waals surface area contributed by atoms with Crippen molar-refractivity contribution in [2.24, 2.45) is 0 Å². The average Bonchev–Trinajstić information content (AvgIpc) is 3.59. The second kappa shape index (κ2) is 9.14. The fourth-order valence-electron chi connectivity index (χ4n) is 4.97. The molecule has 3 heterocycles. The number of nitrogens with zero attached hydrogens (tertiary/aromatic N) is 1. The molecule has 0 fully saturated rings. The fraction of sp³-hybridized carbons (Fsp3) is 0.179. The smallest absolute Gasteiger partial charge is 0.221 e. The molecule has 0 aliphatic carbocycles. The maximum Gasteiger partial charge on any atom is 0.221 e. The van der Waals surface area contributed by atoms with Gasteiger partial charge in [-0.1, -0.05) is 18.2 Å². The molecule has 1 aliphatic heterocycles. The van der Waals surface area contributed by atoms with Gasteiger partial charge in [0.05, 0.1) is 28.8 Å². The molecule has 0 saturated carbocycles. The molecule has 0 bridgehead atoms. The van der Waals surface area contributed by atoms with Crippen molar-refractivity contribution in [3.63, 3.8) is 0 Å². The minimum Gasteiger partial charge on any atom is -0.612 e. The number of ether oxygens (including phenoxy) is 2. The van der Waals surface area contributed by atoms with Crippen molar-refractivity contribution in [1.29, 1.82) is 0 Å². The van der Waals surface area contributed by atoms with Gasteiger partial charge in [-0.15, -0.1) is 0 Å². The van der Waals surface area contributed by atoms with E-state index in [-0.39, 0.29) is 32.9 Å². The molecule has 6 nitrogen and oxygen atoms in total. The number of para-hydroxylation sites is 1. The van der Waals surface area contributed by atoms with E-state index < -0.39 is 39.8 Å². The Morgan fingerprint density at radius 2 is 1.89 bits per heavy atom. The Morgan fingerprint density at radius 1 is 1.08 bits per heavy atom. The summed E-state index contributed by atoms with van der Waals surface area (Å²) in [6.07, 6.45) is 5.19. The summed E-state index contributed by atoms with van der Waals surface area (Å²) in [7, 11) is 0. The molecule has 1 aliphatic rings. The summed E-state index contributed by atoms with van der Waals surface area (Å²) >= 11 is -1.71. The Morgan fingerprint density at radius 3 is 2.71 bits per heavy atom. The molecule has 0 amide bonds. The fourth-order valence-corrected chi connectivity index (χ4v) is 5.84. The second-order valence-electron chi connectivity index (χ2n) is 9.31. The molecule has 2 N–H and O–H groups in total. The minimum absolute atomic E-state index is 0.00239.